The molecule has 1 N–H and O–H groups in total. The van der Waals surface area contributed by atoms with E-state index in [0.717, 1.165) is 23.8 Å². The first-order valence-electron chi connectivity index (χ1n) is 5.76. The van der Waals surface area contributed by atoms with E-state index in [4.69, 9.17) is 0 Å². The van der Waals surface area contributed by atoms with E-state index < -0.39 is 0 Å². The molecule has 0 unspecified atom stereocenters. The van der Waals surface area contributed by atoms with Gasteiger partial charge in [0.15, 0.2) is 0 Å². The minimum atomic E-state index is 0.718. The largest absolute Gasteiger partial charge is 0.373 e. The Morgan fingerprint density at radius 2 is 2.00 bits per heavy atom. The second kappa shape index (κ2) is 4.57. The van der Waals surface area contributed by atoms with E-state index in [1.807, 2.05) is 36.9 Å². The minimum absolute atomic E-state index is 0.718. The predicted molar refractivity (Wildman–Crippen MR) is 69.3 cm³/mol. The Kier molecular flexibility index (Phi) is 3.13. The summed E-state index contributed by atoms with van der Waals surface area (Å²) in [7, 11) is 1.87. The van der Waals surface area contributed by atoms with E-state index in [1.54, 1.807) is 0 Å². The summed E-state index contributed by atoms with van der Waals surface area (Å²) in [5.74, 6) is 0.890. The third kappa shape index (κ3) is 2.30. The van der Waals surface area contributed by atoms with Gasteiger partial charge in [0, 0.05) is 12.7 Å². The molecule has 2 heterocycles. The van der Waals surface area contributed by atoms with E-state index in [9.17, 15) is 0 Å². The van der Waals surface area contributed by atoms with E-state index >= 15 is 0 Å². The third-order valence-electron chi connectivity index (χ3n) is 3.12. The third-order valence-corrected chi connectivity index (χ3v) is 3.12. The molecule has 4 heteroatoms. The molecule has 0 aliphatic heterocycles. The standard InChI is InChI=1S/C13H18N4/c1-9-10(2)16-17(11(9)3)8-12-6-5-7-13(14-4)15-12/h5-7H,8H2,1-4H3,(H,14,15). The number of hydrogen-bond acceptors (Lipinski definition) is 3. The molecule has 0 aliphatic rings. The van der Waals surface area contributed by atoms with Crippen LogP contribution in [0.1, 0.15) is 22.6 Å². The Morgan fingerprint density at radius 3 is 2.59 bits per heavy atom. The van der Waals surface area contributed by atoms with Crippen molar-refractivity contribution in [1.29, 1.82) is 0 Å². The van der Waals surface area contributed by atoms with Gasteiger partial charge in [0.2, 0.25) is 0 Å². The van der Waals surface area contributed by atoms with Gasteiger partial charge in [-0.05, 0) is 38.5 Å². The summed E-state index contributed by atoms with van der Waals surface area (Å²) < 4.78 is 2.01. The maximum Gasteiger partial charge on any atom is 0.126 e. The van der Waals surface area contributed by atoms with E-state index in [1.165, 1.54) is 11.3 Å². The van der Waals surface area contributed by atoms with E-state index in [2.05, 4.69) is 29.2 Å². The molecule has 0 atom stereocenters. The van der Waals surface area contributed by atoms with Crippen LogP contribution in [0.25, 0.3) is 0 Å². The summed E-state index contributed by atoms with van der Waals surface area (Å²) in [6.07, 6.45) is 0. The van der Waals surface area contributed by atoms with Gasteiger partial charge in [-0.3, -0.25) is 4.68 Å². The summed E-state index contributed by atoms with van der Waals surface area (Å²) in [5, 5.41) is 7.56. The monoisotopic (exact) mass is 230 g/mol. The highest BCUT2D eigenvalue weighted by Gasteiger charge is 2.08. The van der Waals surface area contributed by atoms with Crippen molar-refractivity contribution in [1.82, 2.24) is 14.8 Å². The molecule has 0 aromatic carbocycles. The highest BCUT2D eigenvalue weighted by molar-refractivity contribution is 5.34. The molecule has 0 amide bonds. The normalized spacial score (nSPS) is 10.6. The smallest absolute Gasteiger partial charge is 0.126 e. The SMILES string of the molecule is CNc1cccc(Cn2nc(C)c(C)c2C)n1. The van der Waals surface area contributed by atoms with Crippen LogP contribution >= 0.6 is 0 Å². The minimum Gasteiger partial charge on any atom is -0.373 e. The Balaban J connectivity index is 2.28. The van der Waals surface area contributed by atoms with Gasteiger partial charge in [0.1, 0.15) is 5.82 Å². The second-order valence-corrected chi connectivity index (χ2v) is 4.22. The van der Waals surface area contributed by atoms with Crippen LogP contribution in [-0.2, 0) is 6.54 Å². The van der Waals surface area contributed by atoms with Crippen LogP contribution in [0.5, 0.6) is 0 Å². The average Bonchev–Trinajstić information content (AvgIpc) is 2.57. The number of anilines is 1. The van der Waals surface area contributed by atoms with Gasteiger partial charge >= 0.3 is 0 Å². The molecule has 2 aromatic heterocycles. The average molecular weight is 230 g/mol. The lowest BCUT2D eigenvalue weighted by Gasteiger charge is -2.06. The fourth-order valence-corrected chi connectivity index (χ4v) is 1.80. The van der Waals surface area contributed by atoms with Crippen LogP contribution in [0.4, 0.5) is 5.82 Å². The highest BCUT2D eigenvalue weighted by Crippen LogP contribution is 2.13. The van der Waals surface area contributed by atoms with Crippen LogP contribution in [0.15, 0.2) is 18.2 Å². The maximum absolute atomic E-state index is 4.52. The van der Waals surface area contributed by atoms with Crippen LogP contribution in [0.3, 0.4) is 0 Å². The van der Waals surface area contributed by atoms with Crippen molar-refractivity contribution in [2.75, 3.05) is 12.4 Å². The molecule has 0 fully saturated rings. The van der Waals surface area contributed by atoms with Crippen molar-refractivity contribution in [3.63, 3.8) is 0 Å². The molecule has 90 valence electrons. The quantitative estimate of drug-likeness (QED) is 0.879. The van der Waals surface area contributed by atoms with Crippen LogP contribution in [0, 0.1) is 20.8 Å². The summed E-state index contributed by atoms with van der Waals surface area (Å²) in [6, 6.07) is 5.98. The molecule has 0 radical (unpaired) electrons. The molecular weight excluding hydrogens is 212 g/mol. The number of nitrogens with zero attached hydrogens (tertiary/aromatic N) is 3. The molecule has 17 heavy (non-hydrogen) atoms. The first-order valence-corrected chi connectivity index (χ1v) is 5.76. The maximum atomic E-state index is 4.52. The van der Waals surface area contributed by atoms with Gasteiger partial charge in [-0.1, -0.05) is 6.07 Å². The molecular formula is C13H18N4. The van der Waals surface area contributed by atoms with Crippen molar-refractivity contribution in [2.45, 2.75) is 27.3 Å². The molecule has 0 saturated heterocycles. The van der Waals surface area contributed by atoms with Gasteiger partial charge in [0.05, 0.1) is 17.9 Å². The second-order valence-electron chi connectivity index (χ2n) is 4.22. The zero-order valence-electron chi connectivity index (χ0n) is 10.8. The summed E-state index contributed by atoms with van der Waals surface area (Å²) in [5.41, 5.74) is 4.57. The van der Waals surface area contributed by atoms with Gasteiger partial charge < -0.3 is 5.32 Å². The lowest BCUT2D eigenvalue weighted by Crippen LogP contribution is -2.06. The summed E-state index contributed by atoms with van der Waals surface area (Å²) in [6.45, 7) is 6.95. The van der Waals surface area contributed by atoms with Crippen molar-refractivity contribution >= 4 is 5.82 Å². The highest BCUT2D eigenvalue weighted by atomic mass is 15.3. The number of hydrogen-bond donors (Lipinski definition) is 1. The molecule has 0 spiro atoms. The lowest BCUT2D eigenvalue weighted by molar-refractivity contribution is 0.647. The lowest BCUT2D eigenvalue weighted by atomic mass is 10.2. The Bertz CT molecular complexity index is 528. The fourth-order valence-electron chi connectivity index (χ4n) is 1.80. The van der Waals surface area contributed by atoms with Gasteiger partial charge in [-0.15, -0.1) is 0 Å². The van der Waals surface area contributed by atoms with Crippen LogP contribution in [0.2, 0.25) is 0 Å². The predicted octanol–water partition coefficient (Wildman–Crippen LogP) is 2.29. The van der Waals surface area contributed by atoms with E-state index in [0.29, 0.717) is 0 Å². The van der Waals surface area contributed by atoms with Crippen LogP contribution < -0.4 is 5.32 Å². The zero-order valence-corrected chi connectivity index (χ0v) is 10.8. The number of nitrogens with one attached hydrogen (secondary N) is 1. The fraction of sp³-hybridized carbons (Fsp3) is 0.385. The first-order chi connectivity index (χ1) is 8.11. The topological polar surface area (TPSA) is 42.7 Å². The van der Waals surface area contributed by atoms with Gasteiger partial charge in [-0.2, -0.15) is 5.10 Å². The number of aromatic nitrogens is 3. The van der Waals surface area contributed by atoms with Gasteiger partial charge in [-0.25, -0.2) is 4.98 Å². The Labute approximate surface area is 102 Å². The zero-order chi connectivity index (χ0) is 12.4. The molecule has 0 saturated carbocycles. The molecule has 0 aliphatic carbocycles. The van der Waals surface area contributed by atoms with Gasteiger partial charge in [0.25, 0.3) is 0 Å². The van der Waals surface area contributed by atoms with Crippen molar-refractivity contribution in [3.8, 4) is 0 Å². The summed E-state index contributed by atoms with van der Waals surface area (Å²) >= 11 is 0. The number of pyridine rings is 1. The first kappa shape index (κ1) is 11.6. The summed E-state index contributed by atoms with van der Waals surface area (Å²) in [4.78, 5) is 4.49. The van der Waals surface area contributed by atoms with Crippen LogP contribution in [-0.4, -0.2) is 21.8 Å². The number of rotatable bonds is 3. The van der Waals surface area contributed by atoms with Crippen molar-refractivity contribution in [3.05, 3.63) is 40.8 Å². The molecule has 2 rings (SSSR count). The molecule has 2 aromatic rings. The number of aryl methyl sites for hydroxylation is 1. The molecule has 4 nitrogen and oxygen atoms in total. The molecule has 0 bridgehead atoms. The Morgan fingerprint density at radius 1 is 1.24 bits per heavy atom. The Hall–Kier alpha value is -1.84. The van der Waals surface area contributed by atoms with E-state index in [-0.39, 0.29) is 0 Å². The van der Waals surface area contributed by atoms with Crippen molar-refractivity contribution in [2.24, 2.45) is 0 Å². The van der Waals surface area contributed by atoms with Crippen molar-refractivity contribution < 1.29 is 0 Å².